The highest BCUT2D eigenvalue weighted by molar-refractivity contribution is 6.29. The van der Waals surface area contributed by atoms with Crippen molar-refractivity contribution in [3.63, 3.8) is 0 Å². The molecular formula is C60H78F3N10O7Si. The average Bonchev–Trinajstić information content (AvgIpc) is 3.17. The second-order valence-electron chi connectivity index (χ2n) is 24.3. The number of hydrazine groups is 1. The lowest BCUT2D eigenvalue weighted by Gasteiger charge is -2.43. The van der Waals surface area contributed by atoms with Crippen LogP contribution in [0.3, 0.4) is 0 Å². The number of nitrogens with zero attached hydrogens (tertiary/aromatic N) is 8. The fourth-order valence-corrected chi connectivity index (χ4v) is 13.2. The summed E-state index contributed by atoms with van der Waals surface area (Å²) in [7, 11) is 9.04. The minimum absolute atomic E-state index is 0.0920. The van der Waals surface area contributed by atoms with E-state index in [1.54, 1.807) is 37.4 Å². The minimum Gasteiger partial charge on any atom is -0.464 e. The van der Waals surface area contributed by atoms with Crippen LogP contribution in [-0.2, 0) is 48.0 Å². The number of aromatic nitrogens is 2. The van der Waals surface area contributed by atoms with E-state index in [1.807, 2.05) is 75.9 Å². The Labute approximate surface area is 476 Å². The molecule has 21 heteroatoms. The summed E-state index contributed by atoms with van der Waals surface area (Å²) in [6.07, 6.45) is 1.01. The standard InChI is InChI=1S/C60H78F3N10O7Si/c1-10-49(74)71-24-20-58(35-71)18-22-70(23-19-58)56(78)68(8)51(38(2)3)53(75)65-59(81)32-40-13-11-14-41(29-40)42-16-17-48-44(30-42)46(33-57(5,6)37-80-54(76)47-15-12-21-73(66-47)55(59)77)52(72(48)36-60(61,62)63)45-31-43(34-64-50(45)39(4)79-9)69-27-25-67(7)26-28-69/h10-11,13-14,16-17,29-31,34,38-39,47,51,66H,1,12,15,18-28,32-33,35-37H2,2-9H3,(H,65,75)/t39-,47-,51-,59+/m0/s1. The molecule has 4 aromatic rings. The summed E-state index contributed by atoms with van der Waals surface area (Å²) in [6, 6.07) is 12.5. The van der Waals surface area contributed by atoms with Gasteiger partial charge in [0.1, 0.15) is 23.8 Å². The van der Waals surface area contributed by atoms with Crippen LogP contribution in [-0.4, -0.2) is 184 Å². The van der Waals surface area contributed by atoms with Crippen molar-refractivity contribution in [1.82, 2.24) is 44.9 Å². The van der Waals surface area contributed by atoms with E-state index in [9.17, 15) is 19.2 Å². The molecule has 2 aromatic carbocycles. The Morgan fingerprint density at radius 1 is 0.963 bits per heavy atom. The van der Waals surface area contributed by atoms with E-state index >= 15 is 18.0 Å². The van der Waals surface area contributed by atoms with Crippen LogP contribution in [0.5, 0.6) is 0 Å². The number of esters is 1. The predicted octanol–water partition coefficient (Wildman–Crippen LogP) is 7.11. The summed E-state index contributed by atoms with van der Waals surface area (Å²) in [6.45, 7) is 17.0. The number of pyridine rings is 1. The SMILES string of the molecule is C=CC(=O)N1CCC2(CCN(C(=O)N(C)[C@H](C(=O)N[C@@]3([Si])Cc4cccc(c4)-c4ccc5c(c4)c(c(-c4cc(N6CCN(C)CC6)cnc4[C@H](C)OC)n5CC(F)(F)F)CC(C)(C)COC(=O)[C@@H]4CCCN(N4)C3=O)C(C)C)CC2)C1. The Bertz CT molecular complexity index is 3040. The zero-order chi connectivity index (χ0) is 58.3. The van der Waals surface area contributed by atoms with Crippen molar-refractivity contribution >= 4 is 56.6 Å². The number of carbonyl (C=O) groups is 5. The molecule has 81 heavy (non-hydrogen) atoms. The molecule has 4 atom stereocenters. The predicted molar refractivity (Wildman–Crippen MR) is 305 cm³/mol. The van der Waals surface area contributed by atoms with Gasteiger partial charge in [-0.05, 0) is 110 Å². The monoisotopic (exact) mass is 1140 g/mol. The van der Waals surface area contributed by atoms with E-state index in [4.69, 9.17) is 14.5 Å². The van der Waals surface area contributed by atoms with Crippen molar-refractivity contribution in [2.45, 2.75) is 116 Å². The number of urea groups is 1. The maximum Gasteiger partial charge on any atom is 0.406 e. The number of methoxy groups -OCH3 is 1. The van der Waals surface area contributed by atoms with Crippen LogP contribution in [0, 0.1) is 16.7 Å². The Morgan fingerprint density at radius 3 is 2.32 bits per heavy atom. The topological polar surface area (TPSA) is 165 Å². The second kappa shape index (κ2) is 23.5. The number of likely N-dealkylation sites (N-methyl/N-ethyl adjacent to an activating group) is 2. The summed E-state index contributed by atoms with van der Waals surface area (Å²) in [4.78, 5) is 85.6. The number of fused-ring (bicyclic) bond motifs is 6. The first-order chi connectivity index (χ1) is 38.3. The Morgan fingerprint density at radius 2 is 1.65 bits per heavy atom. The number of hydrogen-bond acceptors (Lipinski definition) is 11. The maximum atomic E-state index is 15.2. The van der Waals surface area contributed by atoms with Gasteiger partial charge in [0, 0.05) is 101 Å². The summed E-state index contributed by atoms with van der Waals surface area (Å²) in [5.74, 6) is -2.26. The normalized spacial score (nSPS) is 22.6. The van der Waals surface area contributed by atoms with E-state index in [0.717, 1.165) is 25.2 Å². The van der Waals surface area contributed by atoms with Crippen molar-refractivity contribution in [3.8, 4) is 22.4 Å². The number of piperidine rings is 1. The maximum absolute atomic E-state index is 15.2. The van der Waals surface area contributed by atoms with Gasteiger partial charge in [0.2, 0.25) is 11.8 Å². The number of cyclic esters (lactones) is 1. The molecule has 2 aromatic heterocycles. The fraction of sp³-hybridized carbons (Fsp3) is 0.567. The number of nitrogens with one attached hydrogen (secondary N) is 2. The number of ether oxygens (including phenoxy) is 2. The van der Waals surface area contributed by atoms with E-state index in [-0.39, 0.29) is 43.3 Å². The molecule has 7 heterocycles. The summed E-state index contributed by atoms with van der Waals surface area (Å²) < 4.78 is 58.8. The third-order valence-electron chi connectivity index (χ3n) is 17.3. The van der Waals surface area contributed by atoms with Crippen molar-refractivity contribution < 1.29 is 46.6 Å². The van der Waals surface area contributed by atoms with Gasteiger partial charge >= 0.3 is 18.2 Å². The van der Waals surface area contributed by atoms with Crippen molar-refractivity contribution in [2.75, 3.05) is 91.6 Å². The quantitative estimate of drug-likeness (QED) is 0.0945. The number of alkyl halides is 3. The first-order valence-electron chi connectivity index (χ1n) is 28.3. The van der Waals surface area contributed by atoms with Crippen LogP contribution in [0.1, 0.15) is 89.6 Å². The second-order valence-corrected chi connectivity index (χ2v) is 25.2. The van der Waals surface area contributed by atoms with E-state index < -0.39 is 65.2 Å². The molecule has 5 amide bonds. The molecule has 0 aliphatic carbocycles. The Hall–Kier alpha value is -6.29. The first kappa shape index (κ1) is 59.3. The zero-order valence-electron chi connectivity index (χ0n) is 48.1. The van der Waals surface area contributed by atoms with Crippen LogP contribution < -0.4 is 15.6 Å². The number of hydrogen-bond donors (Lipinski definition) is 2. The minimum atomic E-state index is -4.63. The van der Waals surface area contributed by atoms with Crippen LogP contribution in [0.15, 0.2) is 67.4 Å². The molecule has 3 radical (unpaired) electrons. The number of piperazine rings is 1. The van der Waals surface area contributed by atoms with Gasteiger partial charge in [-0.15, -0.1) is 0 Å². The molecule has 1 spiro atoms. The third-order valence-corrected chi connectivity index (χ3v) is 17.8. The number of anilines is 1. The molecule has 435 valence electrons. The highest BCUT2D eigenvalue weighted by Crippen LogP contribution is 2.45. The highest BCUT2D eigenvalue weighted by atomic mass is 28.1. The van der Waals surface area contributed by atoms with Crippen molar-refractivity contribution in [3.05, 3.63) is 84.2 Å². The molecule has 2 N–H and O–H groups in total. The van der Waals surface area contributed by atoms with Crippen molar-refractivity contribution in [2.24, 2.45) is 16.7 Å². The zero-order valence-corrected chi connectivity index (χ0v) is 49.1. The van der Waals surface area contributed by atoms with Gasteiger partial charge < -0.3 is 43.9 Å². The van der Waals surface area contributed by atoms with E-state index in [0.29, 0.717) is 115 Å². The Balaban J connectivity index is 1.11. The molecule has 0 saturated carbocycles. The molecule has 5 aliphatic heterocycles. The molecular weight excluding hydrogens is 1060 g/mol. The average molecular weight is 1140 g/mol. The highest BCUT2D eigenvalue weighted by Gasteiger charge is 2.47. The molecule has 4 saturated heterocycles. The van der Waals surface area contributed by atoms with Gasteiger partial charge in [-0.2, -0.15) is 13.2 Å². The lowest BCUT2D eigenvalue weighted by atomic mass is 9.78. The molecule has 9 rings (SSSR count). The number of rotatable bonds is 10. The summed E-state index contributed by atoms with van der Waals surface area (Å²) >= 11 is 0. The molecule has 0 unspecified atom stereocenters. The van der Waals surface area contributed by atoms with Gasteiger partial charge in [-0.3, -0.25) is 29.2 Å². The number of benzene rings is 2. The Kier molecular flexibility index (Phi) is 17.2. The van der Waals surface area contributed by atoms with Gasteiger partial charge in [-0.25, -0.2) is 10.2 Å². The molecule has 17 nitrogen and oxygen atoms in total. The van der Waals surface area contributed by atoms with E-state index in [2.05, 4.69) is 44.4 Å². The van der Waals surface area contributed by atoms with Crippen LogP contribution in [0.2, 0.25) is 0 Å². The van der Waals surface area contributed by atoms with Gasteiger partial charge in [0.05, 0.1) is 46.2 Å². The van der Waals surface area contributed by atoms with Crippen LogP contribution in [0.4, 0.5) is 23.7 Å². The summed E-state index contributed by atoms with van der Waals surface area (Å²) in [5.41, 5.74) is 7.31. The smallest absolute Gasteiger partial charge is 0.406 e. The van der Waals surface area contributed by atoms with Gasteiger partial charge in [0.25, 0.3) is 5.91 Å². The van der Waals surface area contributed by atoms with Crippen molar-refractivity contribution in [1.29, 1.82) is 0 Å². The number of halogens is 3. The molecule has 4 fully saturated rings. The van der Waals surface area contributed by atoms with Gasteiger partial charge in [-0.1, -0.05) is 64.6 Å². The van der Waals surface area contributed by atoms with Crippen LogP contribution in [0.25, 0.3) is 33.3 Å². The lowest BCUT2D eigenvalue weighted by molar-refractivity contribution is -0.156. The molecule has 6 bridgehead atoms. The fourth-order valence-electron chi connectivity index (χ4n) is 12.7. The lowest BCUT2D eigenvalue weighted by Crippen LogP contribution is -2.69. The van der Waals surface area contributed by atoms with Crippen LogP contribution >= 0.6 is 0 Å². The molecule has 5 aliphatic rings. The first-order valence-corrected chi connectivity index (χ1v) is 28.8. The number of likely N-dealkylation sites (tertiary alicyclic amines) is 2. The van der Waals surface area contributed by atoms with E-state index in [1.165, 1.54) is 20.6 Å². The number of carbonyl (C=O) groups excluding carboxylic acids is 5. The van der Waals surface area contributed by atoms with Gasteiger partial charge in [0.15, 0.2) is 0 Å². The third kappa shape index (κ3) is 12.7. The number of amides is 5. The largest absolute Gasteiger partial charge is 0.464 e. The summed E-state index contributed by atoms with van der Waals surface area (Å²) in [5, 5.41) is 3.13.